The number of benzene rings is 2. The van der Waals surface area contributed by atoms with E-state index in [-0.39, 0.29) is 12.4 Å². The predicted molar refractivity (Wildman–Crippen MR) is 71.3 cm³/mol. The molecule has 0 aromatic heterocycles. The highest BCUT2D eigenvalue weighted by Gasteiger charge is 2.07. The zero-order valence-corrected chi connectivity index (χ0v) is 11.4. The molecule has 0 amide bonds. The lowest BCUT2D eigenvalue weighted by Crippen LogP contribution is -1.93. The molecule has 2 nitrogen and oxygen atoms in total. The van der Waals surface area contributed by atoms with Gasteiger partial charge in [-0.1, -0.05) is 22.0 Å². The topological polar surface area (TPSA) is 29.5 Å². The molecule has 0 atom stereocenters. The minimum absolute atomic E-state index is 0.108. The van der Waals surface area contributed by atoms with Gasteiger partial charge in [0.25, 0.3) is 0 Å². The summed E-state index contributed by atoms with van der Waals surface area (Å²) in [6.45, 7) is 1.66. The molecule has 0 aliphatic rings. The molecule has 2 aromatic carbocycles. The third-order valence-corrected chi connectivity index (χ3v) is 3.05. The quantitative estimate of drug-likeness (QED) is 0.921. The van der Waals surface area contributed by atoms with Crippen molar-refractivity contribution in [2.24, 2.45) is 0 Å². The number of ether oxygens (including phenoxy) is 1. The second-order valence-corrected chi connectivity index (χ2v) is 4.84. The van der Waals surface area contributed by atoms with E-state index in [4.69, 9.17) is 4.74 Å². The minimum Gasteiger partial charge on any atom is -0.457 e. The second-order valence-electron chi connectivity index (χ2n) is 3.92. The number of aryl methyl sites for hydroxylation is 1. The molecule has 0 fully saturated rings. The van der Waals surface area contributed by atoms with Crippen molar-refractivity contribution in [1.82, 2.24) is 0 Å². The van der Waals surface area contributed by atoms with Crippen LogP contribution < -0.4 is 4.74 Å². The van der Waals surface area contributed by atoms with Gasteiger partial charge >= 0.3 is 0 Å². The van der Waals surface area contributed by atoms with Crippen LogP contribution in [0.15, 0.2) is 40.9 Å². The molecule has 0 spiro atoms. The molecule has 18 heavy (non-hydrogen) atoms. The summed E-state index contributed by atoms with van der Waals surface area (Å²) in [5.41, 5.74) is 1.39. The summed E-state index contributed by atoms with van der Waals surface area (Å²) >= 11 is 3.35. The molecule has 0 aliphatic carbocycles. The van der Waals surface area contributed by atoms with Crippen molar-refractivity contribution in [3.05, 3.63) is 57.8 Å². The van der Waals surface area contributed by atoms with Gasteiger partial charge in [0.15, 0.2) is 0 Å². The van der Waals surface area contributed by atoms with Crippen LogP contribution in [0.2, 0.25) is 0 Å². The largest absolute Gasteiger partial charge is 0.457 e. The van der Waals surface area contributed by atoms with E-state index >= 15 is 0 Å². The van der Waals surface area contributed by atoms with Gasteiger partial charge in [0.2, 0.25) is 0 Å². The summed E-state index contributed by atoms with van der Waals surface area (Å²) in [7, 11) is 0. The maximum Gasteiger partial charge on any atom is 0.134 e. The Morgan fingerprint density at radius 3 is 2.61 bits per heavy atom. The van der Waals surface area contributed by atoms with Crippen LogP contribution in [0.3, 0.4) is 0 Å². The first-order valence-corrected chi connectivity index (χ1v) is 6.23. The molecule has 2 rings (SSSR count). The summed E-state index contributed by atoms with van der Waals surface area (Å²) in [5, 5.41) is 9.25. The summed E-state index contributed by atoms with van der Waals surface area (Å²) in [6, 6.07) is 9.71. The second kappa shape index (κ2) is 5.50. The maximum absolute atomic E-state index is 13.0. The normalized spacial score (nSPS) is 10.4. The molecule has 0 heterocycles. The number of hydrogen-bond acceptors (Lipinski definition) is 2. The van der Waals surface area contributed by atoms with Crippen LogP contribution in [0.4, 0.5) is 4.39 Å². The number of rotatable bonds is 3. The highest BCUT2D eigenvalue weighted by Crippen LogP contribution is 2.30. The van der Waals surface area contributed by atoms with E-state index in [2.05, 4.69) is 15.9 Å². The van der Waals surface area contributed by atoms with E-state index in [1.54, 1.807) is 25.1 Å². The fourth-order valence-electron chi connectivity index (χ4n) is 1.60. The van der Waals surface area contributed by atoms with Crippen molar-refractivity contribution in [3.63, 3.8) is 0 Å². The Morgan fingerprint density at radius 2 is 1.94 bits per heavy atom. The molecule has 0 saturated heterocycles. The van der Waals surface area contributed by atoms with Gasteiger partial charge < -0.3 is 9.84 Å². The molecule has 0 saturated carbocycles. The zero-order valence-electron chi connectivity index (χ0n) is 9.78. The molecule has 0 unspecified atom stereocenters. The molecule has 2 aromatic rings. The smallest absolute Gasteiger partial charge is 0.134 e. The third kappa shape index (κ3) is 2.89. The first-order valence-electron chi connectivity index (χ1n) is 5.43. The molecule has 0 aliphatic heterocycles. The van der Waals surface area contributed by atoms with Crippen LogP contribution in [0.5, 0.6) is 11.5 Å². The van der Waals surface area contributed by atoms with Gasteiger partial charge in [0.05, 0.1) is 6.61 Å². The molecule has 94 valence electrons. The standard InChI is InChI=1S/C14H12BrFO2/c1-9-6-12(16)4-5-13(9)18-14-7-11(15)3-2-10(14)8-17/h2-7,17H,8H2,1H3. The molecule has 0 bridgehead atoms. The minimum atomic E-state index is -0.295. The lowest BCUT2D eigenvalue weighted by molar-refractivity contribution is 0.276. The van der Waals surface area contributed by atoms with E-state index in [0.717, 1.165) is 4.47 Å². The first kappa shape index (κ1) is 13.1. The number of halogens is 2. The Labute approximate surface area is 113 Å². The van der Waals surface area contributed by atoms with Gasteiger partial charge in [-0.05, 0) is 42.8 Å². The Balaban J connectivity index is 2.36. The number of aliphatic hydroxyl groups excluding tert-OH is 1. The van der Waals surface area contributed by atoms with Gasteiger partial charge in [0.1, 0.15) is 17.3 Å². The van der Waals surface area contributed by atoms with Gasteiger partial charge in [-0.15, -0.1) is 0 Å². The molecule has 1 N–H and O–H groups in total. The van der Waals surface area contributed by atoms with Crippen LogP contribution in [-0.4, -0.2) is 5.11 Å². The predicted octanol–water partition coefficient (Wildman–Crippen LogP) is 4.18. The molecule has 4 heteroatoms. The Bertz CT molecular complexity index is 570. The fourth-order valence-corrected chi connectivity index (χ4v) is 1.94. The van der Waals surface area contributed by atoms with Crippen molar-refractivity contribution >= 4 is 15.9 Å². The van der Waals surface area contributed by atoms with E-state index in [0.29, 0.717) is 22.6 Å². The van der Waals surface area contributed by atoms with Crippen molar-refractivity contribution in [1.29, 1.82) is 0 Å². The van der Waals surface area contributed by atoms with E-state index < -0.39 is 0 Å². The highest BCUT2D eigenvalue weighted by atomic mass is 79.9. The van der Waals surface area contributed by atoms with Gasteiger partial charge in [0, 0.05) is 10.0 Å². The van der Waals surface area contributed by atoms with Crippen LogP contribution in [-0.2, 0) is 6.61 Å². The molecular formula is C14H12BrFO2. The number of hydrogen-bond donors (Lipinski definition) is 1. The van der Waals surface area contributed by atoms with Crippen LogP contribution in [0.25, 0.3) is 0 Å². The zero-order chi connectivity index (χ0) is 13.1. The van der Waals surface area contributed by atoms with Crippen LogP contribution in [0.1, 0.15) is 11.1 Å². The van der Waals surface area contributed by atoms with Crippen molar-refractivity contribution < 1.29 is 14.2 Å². The first-order chi connectivity index (χ1) is 8.60. The van der Waals surface area contributed by atoms with Crippen molar-refractivity contribution in [3.8, 4) is 11.5 Å². The fraction of sp³-hybridized carbons (Fsp3) is 0.143. The summed E-state index contributed by atoms with van der Waals surface area (Å²) < 4.78 is 19.6. The molecular weight excluding hydrogens is 299 g/mol. The molecule has 0 radical (unpaired) electrons. The average molecular weight is 311 g/mol. The van der Waals surface area contributed by atoms with E-state index in [9.17, 15) is 9.50 Å². The van der Waals surface area contributed by atoms with Crippen molar-refractivity contribution in [2.75, 3.05) is 0 Å². The highest BCUT2D eigenvalue weighted by molar-refractivity contribution is 9.10. The van der Waals surface area contributed by atoms with Crippen LogP contribution >= 0.6 is 15.9 Å². The summed E-state index contributed by atoms with van der Waals surface area (Å²) in [6.07, 6.45) is 0. The lowest BCUT2D eigenvalue weighted by atomic mass is 10.2. The Kier molecular flexibility index (Phi) is 3.99. The summed E-state index contributed by atoms with van der Waals surface area (Å²) in [4.78, 5) is 0. The summed E-state index contributed by atoms with van der Waals surface area (Å²) in [5.74, 6) is 0.835. The Morgan fingerprint density at radius 1 is 1.17 bits per heavy atom. The van der Waals surface area contributed by atoms with E-state index in [1.807, 2.05) is 6.07 Å². The monoisotopic (exact) mass is 310 g/mol. The SMILES string of the molecule is Cc1cc(F)ccc1Oc1cc(Br)ccc1CO. The van der Waals surface area contributed by atoms with Gasteiger partial charge in [-0.25, -0.2) is 4.39 Å². The number of aliphatic hydroxyl groups is 1. The third-order valence-electron chi connectivity index (χ3n) is 2.56. The Hall–Kier alpha value is -1.39. The van der Waals surface area contributed by atoms with E-state index in [1.165, 1.54) is 12.1 Å². The lowest BCUT2D eigenvalue weighted by Gasteiger charge is -2.12. The van der Waals surface area contributed by atoms with Crippen LogP contribution in [0, 0.1) is 12.7 Å². The average Bonchev–Trinajstić information content (AvgIpc) is 2.33. The van der Waals surface area contributed by atoms with Crippen molar-refractivity contribution in [2.45, 2.75) is 13.5 Å². The van der Waals surface area contributed by atoms with Gasteiger partial charge in [-0.2, -0.15) is 0 Å². The van der Waals surface area contributed by atoms with Gasteiger partial charge in [-0.3, -0.25) is 0 Å². The maximum atomic E-state index is 13.0.